The van der Waals surface area contributed by atoms with Gasteiger partial charge in [0.1, 0.15) is 11.5 Å². The van der Waals surface area contributed by atoms with Gasteiger partial charge in [0, 0.05) is 11.6 Å². The fourth-order valence-corrected chi connectivity index (χ4v) is 5.87. The van der Waals surface area contributed by atoms with Crippen LogP contribution in [0.2, 0.25) is 0 Å². The molecule has 4 bridgehead atoms. The van der Waals surface area contributed by atoms with Crippen molar-refractivity contribution in [2.75, 3.05) is 14.2 Å². The van der Waals surface area contributed by atoms with Gasteiger partial charge in [-0.1, -0.05) is 0 Å². The summed E-state index contributed by atoms with van der Waals surface area (Å²) in [4.78, 5) is 11.4. The molecule has 0 heterocycles. The van der Waals surface area contributed by atoms with E-state index >= 15 is 0 Å². The largest absolute Gasteiger partial charge is 0.496 e. The topological polar surface area (TPSA) is 35.5 Å². The molecule has 0 N–H and O–H groups in total. The average Bonchev–Trinajstić information content (AvgIpc) is 2.52. The van der Waals surface area contributed by atoms with Crippen LogP contribution in [0, 0.1) is 17.8 Å². The van der Waals surface area contributed by atoms with Crippen molar-refractivity contribution in [3.63, 3.8) is 0 Å². The molecule has 1 aromatic rings. The van der Waals surface area contributed by atoms with Crippen molar-refractivity contribution in [3.8, 4) is 11.5 Å². The lowest BCUT2D eigenvalue weighted by atomic mass is 9.48. The molecule has 3 nitrogen and oxygen atoms in total. The van der Waals surface area contributed by atoms with Crippen LogP contribution in [-0.2, 0) is 5.41 Å². The highest BCUT2D eigenvalue weighted by molar-refractivity contribution is 5.81. The molecule has 0 aromatic heterocycles. The summed E-state index contributed by atoms with van der Waals surface area (Å²) in [5.74, 6) is 4.12. The number of ether oxygens (including phenoxy) is 2. The molecule has 4 saturated carbocycles. The maximum Gasteiger partial charge on any atom is 0.153 e. The number of carbonyl (C=O) groups is 1. The van der Waals surface area contributed by atoms with Crippen molar-refractivity contribution in [1.82, 2.24) is 0 Å². The van der Waals surface area contributed by atoms with Crippen molar-refractivity contribution in [3.05, 3.63) is 23.3 Å². The van der Waals surface area contributed by atoms with Gasteiger partial charge in [0.25, 0.3) is 0 Å². The molecule has 0 aliphatic heterocycles. The third-order valence-electron chi connectivity index (χ3n) is 6.29. The Morgan fingerprint density at radius 2 is 1.50 bits per heavy atom. The number of benzene rings is 1. The lowest BCUT2D eigenvalue weighted by molar-refractivity contribution is -0.00618. The van der Waals surface area contributed by atoms with Crippen molar-refractivity contribution < 1.29 is 14.3 Å². The third-order valence-corrected chi connectivity index (χ3v) is 6.29. The highest BCUT2D eigenvalue weighted by Gasteiger charge is 2.52. The Kier molecular flexibility index (Phi) is 3.21. The van der Waals surface area contributed by atoms with E-state index in [4.69, 9.17) is 9.47 Å². The minimum atomic E-state index is 0.226. The second-order valence-corrected chi connectivity index (χ2v) is 7.61. The molecule has 1 aromatic carbocycles. The van der Waals surface area contributed by atoms with Gasteiger partial charge in [-0.25, -0.2) is 0 Å². The molecular formula is C19H24O3. The van der Waals surface area contributed by atoms with Crippen LogP contribution in [0.3, 0.4) is 0 Å². The summed E-state index contributed by atoms with van der Waals surface area (Å²) >= 11 is 0. The summed E-state index contributed by atoms with van der Waals surface area (Å²) in [6.07, 6.45) is 8.94. The first-order chi connectivity index (χ1) is 10.7. The van der Waals surface area contributed by atoms with E-state index in [-0.39, 0.29) is 5.41 Å². The first kappa shape index (κ1) is 14.1. The monoisotopic (exact) mass is 300 g/mol. The van der Waals surface area contributed by atoms with E-state index in [2.05, 4.69) is 0 Å². The number of aldehydes is 1. The first-order valence-corrected chi connectivity index (χ1v) is 8.39. The second-order valence-electron chi connectivity index (χ2n) is 7.61. The summed E-state index contributed by atoms with van der Waals surface area (Å²) in [7, 11) is 3.32. The lowest BCUT2D eigenvalue weighted by Crippen LogP contribution is -2.48. The van der Waals surface area contributed by atoms with Gasteiger partial charge in [0.2, 0.25) is 0 Å². The van der Waals surface area contributed by atoms with Gasteiger partial charge in [0.05, 0.1) is 19.8 Å². The lowest BCUT2D eigenvalue weighted by Gasteiger charge is -2.57. The molecule has 0 atom stereocenters. The molecule has 4 aliphatic carbocycles. The third kappa shape index (κ3) is 1.98. The van der Waals surface area contributed by atoms with Crippen LogP contribution in [0.1, 0.15) is 54.4 Å². The molecular weight excluding hydrogens is 276 g/mol. The number of hydrogen-bond donors (Lipinski definition) is 0. The van der Waals surface area contributed by atoms with Crippen molar-refractivity contribution in [2.24, 2.45) is 17.8 Å². The van der Waals surface area contributed by atoms with Crippen molar-refractivity contribution in [1.29, 1.82) is 0 Å². The van der Waals surface area contributed by atoms with Crippen LogP contribution in [0.25, 0.3) is 0 Å². The molecule has 3 heteroatoms. The Morgan fingerprint density at radius 1 is 0.955 bits per heavy atom. The van der Waals surface area contributed by atoms with Crippen LogP contribution < -0.4 is 9.47 Å². The van der Waals surface area contributed by atoms with Gasteiger partial charge in [-0.15, -0.1) is 0 Å². The highest BCUT2D eigenvalue weighted by Crippen LogP contribution is 2.62. The molecule has 0 amide bonds. The minimum Gasteiger partial charge on any atom is -0.496 e. The fourth-order valence-electron chi connectivity index (χ4n) is 5.87. The predicted molar refractivity (Wildman–Crippen MR) is 84.8 cm³/mol. The molecule has 0 saturated heterocycles. The normalized spacial score (nSPS) is 35.5. The van der Waals surface area contributed by atoms with Crippen molar-refractivity contribution >= 4 is 6.29 Å². The van der Waals surface area contributed by atoms with E-state index in [9.17, 15) is 4.79 Å². The van der Waals surface area contributed by atoms with E-state index in [1.54, 1.807) is 14.2 Å². The molecule has 0 radical (unpaired) electrons. The number of carbonyl (C=O) groups excluding carboxylic acids is 1. The van der Waals surface area contributed by atoms with E-state index in [1.165, 1.54) is 44.1 Å². The Hall–Kier alpha value is -1.51. The van der Waals surface area contributed by atoms with Crippen LogP contribution in [0.15, 0.2) is 12.1 Å². The predicted octanol–water partition coefficient (Wildman–Crippen LogP) is 3.98. The second kappa shape index (κ2) is 5.00. The molecule has 4 aliphatic rings. The number of hydrogen-bond acceptors (Lipinski definition) is 3. The van der Waals surface area contributed by atoms with Crippen LogP contribution in [-0.4, -0.2) is 20.5 Å². The summed E-state index contributed by atoms with van der Waals surface area (Å²) in [5, 5.41) is 0. The number of rotatable bonds is 4. The molecule has 5 rings (SSSR count). The first-order valence-electron chi connectivity index (χ1n) is 8.39. The smallest absolute Gasteiger partial charge is 0.153 e. The Labute approximate surface area is 132 Å². The summed E-state index contributed by atoms with van der Waals surface area (Å²) in [6, 6.07) is 3.94. The van der Waals surface area contributed by atoms with E-state index in [0.717, 1.165) is 29.8 Å². The zero-order valence-electron chi connectivity index (χ0n) is 13.4. The van der Waals surface area contributed by atoms with Crippen LogP contribution >= 0.6 is 0 Å². The van der Waals surface area contributed by atoms with E-state index < -0.39 is 0 Å². The van der Waals surface area contributed by atoms with Gasteiger partial charge in [-0.3, -0.25) is 4.79 Å². The molecule has 0 spiro atoms. The minimum absolute atomic E-state index is 0.226. The van der Waals surface area contributed by atoms with Gasteiger partial charge in [0.15, 0.2) is 6.29 Å². The SMILES string of the molecule is COc1cc(OC)c(C23CC4CC(CC(C4)C2)C3)cc1C=O. The zero-order valence-corrected chi connectivity index (χ0v) is 13.4. The summed E-state index contributed by atoms with van der Waals surface area (Å²) < 4.78 is 11.0. The van der Waals surface area contributed by atoms with Gasteiger partial charge < -0.3 is 9.47 Å². The molecule has 0 unspecified atom stereocenters. The summed E-state index contributed by atoms with van der Waals surface area (Å²) in [6.45, 7) is 0. The Morgan fingerprint density at radius 3 is 1.95 bits per heavy atom. The average molecular weight is 300 g/mol. The van der Waals surface area contributed by atoms with Crippen LogP contribution in [0.5, 0.6) is 11.5 Å². The fraction of sp³-hybridized carbons (Fsp3) is 0.632. The molecule has 22 heavy (non-hydrogen) atoms. The molecule has 4 fully saturated rings. The molecule has 118 valence electrons. The van der Waals surface area contributed by atoms with Gasteiger partial charge in [-0.2, -0.15) is 0 Å². The van der Waals surface area contributed by atoms with E-state index in [0.29, 0.717) is 11.3 Å². The quantitative estimate of drug-likeness (QED) is 0.789. The maximum atomic E-state index is 11.4. The number of methoxy groups -OCH3 is 2. The Balaban J connectivity index is 1.83. The van der Waals surface area contributed by atoms with Crippen LogP contribution in [0.4, 0.5) is 0 Å². The standard InChI is InChI=1S/C19H24O3/c1-21-17-7-18(22-2)16(6-15(17)11-20)19-8-12-3-13(9-19)5-14(4-12)10-19/h6-7,11-14H,3-5,8-10H2,1-2H3. The van der Waals surface area contributed by atoms with Crippen molar-refractivity contribution in [2.45, 2.75) is 43.9 Å². The van der Waals surface area contributed by atoms with Gasteiger partial charge in [-0.05, 0) is 67.8 Å². The zero-order chi connectivity index (χ0) is 15.3. The maximum absolute atomic E-state index is 11.4. The Bertz CT molecular complexity index is 570. The highest BCUT2D eigenvalue weighted by atomic mass is 16.5. The summed E-state index contributed by atoms with van der Waals surface area (Å²) in [5.41, 5.74) is 2.12. The van der Waals surface area contributed by atoms with Gasteiger partial charge >= 0.3 is 0 Å². The van der Waals surface area contributed by atoms with E-state index in [1.807, 2.05) is 12.1 Å².